The molecule has 6 heteroatoms. The van der Waals surface area contributed by atoms with Crippen LogP contribution in [0.4, 0.5) is 0 Å². The molecule has 0 aliphatic rings. The van der Waals surface area contributed by atoms with Crippen molar-refractivity contribution in [1.29, 1.82) is 0 Å². The van der Waals surface area contributed by atoms with Crippen LogP contribution in [-0.4, -0.2) is 29.9 Å². The second-order valence-corrected chi connectivity index (χ2v) is 7.27. The van der Waals surface area contributed by atoms with Gasteiger partial charge in [-0.3, -0.25) is 0 Å². The van der Waals surface area contributed by atoms with Crippen molar-refractivity contribution in [2.45, 2.75) is 57.6 Å². The van der Waals surface area contributed by atoms with Crippen LogP contribution in [0.5, 0.6) is 0 Å². The van der Waals surface area contributed by atoms with Gasteiger partial charge in [-0.1, -0.05) is 6.92 Å². The summed E-state index contributed by atoms with van der Waals surface area (Å²) in [6.07, 6.45) is 2.42. The van der Waals surface area contributed by atoms with E-state index in [1.165, 1.54) is 4.31 Å². The summed E-state index contributed by atoms with van der Waals surface area (Å²) in [5.41, 5.74) is 6.07. The van der Waals surface area contributed by atoms with E-state index in [0.29, 0.717) is 18.0 Å². The van der Waals surface area contributed by atoms with Crippen molar-refractivity contribution in [3.8, 4) is 0 Å². The number of hydrogen-bond donors (Lipinski definition) is 1. The number of nitrogens with zero attached hydrogens (tertiary/aromatic N) is 2. The van der Waals surface area contributed by atoms with Gasteiger partial charge in [0, 0.05) is 37.6 Å². The molecule has 0 aliphatic carbocycles. The molecule has 0 amide bonds. The topological polar surface area (TPSA) is 68.3 Å². The van der Waals surface area contributed by atoms with Crippen LogP contribution in [0.25, 0.3) is 0 Å². The third-order valence-corrected chi connectivity index (χ3v) is 5.92. The standard InChI is InChI=1S/C13H25N3O2S/c1-6-13(3,4)15(5)19(17,18)12-8-11(9-14)16(7-2)10-12/h8,10H,6-7,9,14H2,1-5H3. The average molecular weight is 287 g/mol. The molecule has 0 radical (unpaired) electrons. The van der Waals surface area contributed by atoms with Crippen molar-refractivity contribution >= 4 is 10.0 Å². The van der Waals surface area contributed by atoms with Gasteiger partial charge in [-0.2, -0.15) is 4.31 Å². The lowest BCUT2D eigenvalue weighted by Crippen LogP contribution is -2.44. The normalized spacial score (nSPS) is 13.2. The van der Waals surface area contributed by atoms with Gasteiger partial charge in [-0.25, -0.2) is 8.42 Å². The minimum absolute atomic E-state index is 0.318. The van der Waals surface area contributed by atoms with E-state index in [2.05, 4.69) is 0 Å². The highest BCUT2D eigenvalue weighted by Gasteiger charge is 2.33. The number of aromatic nitrogens is 1. The Morgan fingerprint density at radius 1 is 1.37 bits per heavy atom. The van der Waals surface area contributed by atoms with Crippen LogP contribution in [0.1, 0.15) is 39.8 Å². The summed E-state index contributed by atoms with van der Waals surface area (Å²) in [5, 5.41) is 0. The SMILES string of the molecule is CCn1cc(S(=O)(=O)N(C)C(C)(C)CC)cc1CN. The zero-order valence-electron chi connectivity index (χ0n) is 12.5. The molecule has 1 aromatic heterocycles. The Morgan fingerprint density at radius 2 is 1.95 bits per heavy atom. The molecule has 2 N–H and O–H groups in total. The molecule has 19 heavy (non-hydrogen) atoms. The van der Waals surface area contributed by atoms with Crippen molar-refractivity contribution < 1.29 is 8.42 Å². The van der Waals surface area contributed by atoms with Gasteiger partial charge in [0.05, 0.1) is 0 Å². The fraction of sp³-hybridized carbons (Fsp3) is 0.692. The van der Waals surface area contributed by atoms with Crippen molar-refractivity contribution in [2.24, 2.45) is 5.73 Å². The summed E-state index contributed by atoms with van der Waals surface area (Å²) in [5.74, 6) is 0. The molecular weight excluding hydrogens is 262 g/mol. The van der Waals surface area contributed by atoms with Gasteiger partial charge in [0.2, 0.25) is 10.0 Å². The first-order valence-electron chi connectivity index (χ1n) is 6.58. The molecule has 0 fully saturated rings. The molecule has 0 saturated carbocycles. The molecule has 0 aromatic carbocycles. The van der Waals surface area contributed by atoms with Crippen LogP contribution in [0.3, 0.4) is 0 Å². The highest BCUT2D eigenvalue weighted by Crippen LogP contribution is 2.26. The lowest BCUT2D eigenvalue weighted by atomic mass is 10.0. The molecule has 1 rings (SSSR count). The Hall–Kier alpha value is -0.850. The Kier molecular flexibility index (Phi) is 4.81. The van der Waals surface area contributed by atoms with Crippen molar-refractivity contribution in [2.75, 3.05) is 7.05 Å². The zero-order chi connectivity index (χ0) is 14.8. The van der Waals surface area contributed by atoms with Gasteiger partial charge in [-0.05, 0) is 33.3 Å². The largest absolute Gasteiger partial charge is 0.349 e. The molecule has 1 aromatic rings. The quantitative estimate of drug-likeness (QED) is 0.867. The summed E-state index contributed by atoms with van der Waals surface area (Å²) in [7, 11) is -1.84. The summed E-state index contributed by atoms with van der Waals surface area (Å²) < 4.78 is 28.5. The van der Waals surface area contributed by atoms with Gasteiger partial charge >= 0.3 is 0 Å². The minimum atomic E-state index is -3.47. The van der Waals surface area contributed by atoms with Crippen molar-refractivity contribution in [3.05, 3.63) is 18.0 Å². The molecule has 0 bridgehead atoms. The Labute approximate surface area is 116 Å². The predicted molar refractivity (Wildman–Crippen MR) is 77.3 cm³/mol. The molecule has 0 spiro atoms. The number of rotatable bonds is 6. The van der Waals surface area contributed by atoms with Gasteiger partial charge in [-0.15, -0.1) is 0 Å². The van der Waals surface area contributed by atoms with Gasteiger partial charge in [0.1, 0.15) is 4.90 Å². The number of sulfonamides is 1. The number of nitrogens with two attached hydrogens (primary N) is 1. The molecule has 1 heterocycles. The van der Waals surface area contributed by atoms with E-state index in [9.17, 15) is 8.42 Å². The second kappa shape index (κ2) is 5.64. The fourth-order valence-electron chi connectivity index (χ4n) is 1.84. The molecule has 0 unspecified atom stereocenters. The second-order valence-electron chi connectivity index (χ2n) is 5.30. The first-order chi connectivity index (χ1) is 8.70. The monoisotopic (exact) mass is 287 g/mol. The van der Waals surface area contributed by atoms with E-state index in [1.807, 2.05) is 32.3 Å². The lowest BCUT2D eigenvalue weighted by molar-refractivity contribution is 0.257. The summed E-state index contributed by atoms with van der Waals surface area (Å²) in [6, 6.07) is 1.67. The zero-order valence-corrected chi connectivity index (χ0v) is 13.3. The number of hydrogen-bond acceptors (Lipinski definition) is 3. The summed E-state index contributed by atoms with van der Waals surface area (Å²) in [4.78, 5) is 0.318. The average Bonchev–Trinajstić information content (AvgIpc) is 2.81. The first-order valence-corrected chi connectivity index (χ1v) is 8.02. The summed E-state index contributed by atoms with van der Waals surface area (Å²) >= 11 is 0. The van der Waals surface area contributed by atoms with E-state index in [1.54, 1.807) is 19.3 Å². The van der Waals surface area contributed by atoms with E-state index in [0.717, 1.165) is 12.1 Å². The Balaban J connectivity index is 3.24. The van der Waals surface area contributed by atoms with Crippen molar-refractivity contribution in [1.82, 2.24) is 8.87 Å². The maximum absolute atomic E-state index is 12.6. The Bertz CT molecular complexity index is 511. The molecule has 0 aliphatic heterocycles. The summed E-state index contributed by atoms with van der Waals surface area (Å²) in [6.45, 7) is 8.84. The highest BCUT2D eigenvalue weighted by molar-refractivity contribution is 7.89. The van der Waals surface area contributed by atoms with Crippen LogP contribution in [0.2, 0.25) is 0 Å². The predicted octanol–water partition coefficient (Wildman–Crippen LogP) is 1.78. The molecular formula is C13H25N3O2S. The van der Waals surface area contributed by atoms with Gasteiger partial charge in [0.25, 0.3) is 0 Å². The van der Waals surface area contributed by atoms with E-state index in [4.69, 9.17) is 5.73 Å². The smallest absolute Gasteiger partial charge is 0.244 e. The van der Waals surface area contributed by atoms with Crippen LogP contribution in [0.15, 0.2) is 17.2 Å². The van der Waals surface area contributed by atoms with Crippen LogP contribution < -0.4 is 5.73 Å². The van der Waals surface area contributed by atoms with E-state index in [-0.39, 0.29) is 0 Å². The lowest BCUT2D eigenvalue weighted by Gasteiger charge is -2.33. The van der Waals surface area contributed by atoms with Gasteiger partial charge < -0.3 is 10.3 Å². The third kappa shape index (κ3) is 3.01. The maximum Gasteiger partial charge on any atom is 0.244 e. The van der Waals surface area contributed by atoms with Crippen LogP contribution in [-0.2, 0) is 23.1 Å². The molecule has 110 valence electrons. The first kappa shape index (κ1) is 16.2. The van der Waals surface area contributed by atoms with Gasteiger partial charge in [0.15, 0.2) is 0 Å². The molecule has 0 saturated heterocycles. The van der Waals surface area contributed by atoms with E-state index >= 15 is 0 Å². The highest BCUT2D eigenvalue weighted by atomic mass is 32.2. The Morgan fingerprint density at radius 3 is 2.32 bits per heavy atom. The van der Waals surface area contributed by atoms with Crippen molar-refractivity contribution in [3.63, 3.8) is 0 Å². The van der Waals surface area contributed by atoms with Crippen LogP contribution >= 0.6 is 0 Å². The number of aryl methyl sites for hydroxylation is 1. The van der Waals surface area contributed by atoms with Crippen LogP contribution in [0, 0.1) is 0 Å². The van der Waals surface area contributed by atoms with E-state index < -0.39 is 15.6 Å². The fourth-order valence-corrected chi connectivity index (χ4v) is 3.48. The molecule has 0 atom stereocenters. The third-order valence-electron chi connectivity index (χ3n) is 3.89. The minimum Gasteiger partial charge on any atom is -0.349 e. The maximum atomic E-state index is 12.6. The molecule has 5 nitrogen and oxygen atoms in total.